The Morgan fingerprint density at radius 1 is 1.37 bits per heavy atom. The summed E-state index contributed by atoms with van der Waals surface area (Å²) in [4.78, 5) is 7.21. The molecular weight excluding hydrogens is 356 g/mol. The Bertz CT molecular complexity index is 622. The maximum atomic E-state index is 10.5. The van der Waals surface area contributed by atoms with Gasteiger partial charge in [-0.1, -0.05) is 29.8 Å². The van der Waals surface area contributed by atoms with E-state index in [9.17, 15) is 5.11 Å². The van der Waals surface area contributed by atoms with Crippen LogP contribution in [0, 0.1) is 6.92 Å². The van der Waals surface area contributed by atoms with Gasteiger partial charge in [-0.3, -0.25) is 9.89 Å². The second-order valence-electron chi connectivity index (χ2n) is 7.91. The number of guanidine groups is 1. The second kappa shape index (κ2) is 9.80. The van der Waals surface area contributed by atoms with Gasteiger partial charge in [0.2, 0.25) is 0 Å². The van der Waals surface area contributed by atoms with E-state index in [1.807, 2.05) is 11.8 Å². The van der Waals surface area contributed by atoms with E-state index in [-0.39, 0.29) is 0 Å². The summed E-state index contributed by atoms with van der Waals surface area (Å²) in [6.07, 6.45) is 3.09. The predicted molar refractivity (Wildman–Crippen MR) is 115 cm³/mol. The summed E-state index contributed by atoms with van der Waals surface area (Å²) >= 11 is 1.82. The fourth-order valence-electron chi connectivity index (χ4n) is 3.76. The van der Waals surface area contributed by atoms with Gasteiger partial charge in [0.25, 0.3) is 0 Å². The largest absolute Gasteiger partial charge is 0.387 e. The molecule has 0 spiro atoms. The fourth-order valence-corrected chi connectivity index (χ4v) is 5.05. The van der Waals surface area contributed by atoms with Crippen LogP contribution in [0.1, 0.15) is 37.3 Å². The number of piperidine rings is 1. The van der Waals surface area contributed by atoms with Crippen LogP contribution in [-0.2, 0) is 6.54 Å². The molecular formula is C21H34N4OS. The number of benzene rings is 1. The van der Waals surface area contributed by atoms with Crippen LogP contribution in [-0.4, -0.2) is 65.3 Å². The van der Waals surface area contributed by atoms with Crippen LogP contribution in [0.25, 0.3) is 0 Å². The van der Waals surface area contributed by atoms with Gasteiger partial charge in [-0.05, 0) is 44.4 Å². The van der Waals surface area contributed by atoms with Gasteiger partial charge in [0.1, 0.15) is 0 Å². The van der Waals surface area contributed by atoms with Crippen LogP contribution >= 0.6 is 11.8 Å². The number of thioether (sulfide) groups is 1. The molecule has 2 aliphatic heterocycles. The van der Waals surface area contributed by atoms with E-state index < -0.39 is 5.60 Å². The maximum Gasteiger partial charge on any atom is 0.191 e. The topological polar surface area (TPSA) is 59.9 Å². The average Bonchev–Trinajstić information content (AvgIpc) is 3.09. The van der Waals surface area contributed by atoms with Crippen molar-refractivity contribution in [3.63, 3.8) is 0 Å². The minimum atomic E-state index is -0.621. The molecule has 1 aromatic rings. The third-order valence-electron chi connectivity index (χ3n) is 5.38. The van der Waals surface area contributed by atoms with Crippen molar-refractivity contribution in [3.05, 3.63) is 35.4 Å². The molecule has 1 aromatic carbocycles. The molecule has 0 aliphatic carbocycles. The zero-order chi connectivity index (χ0) is 19.1. The highest BCUT2D eigenvalue weighted by Crippen LogP contribution is 2.27. The van der Waals surface area contributed by atoms with Crippen molar-refractivity contribution in [3.8, 4) is 0 Å². The molecule has 3 N–H and O–H groups in total. The SMILES string of the molecule is CCNC(=NCC1(O)CCSC1)NC1CCN(Cc2cccc(C)c2)CC1. The molecule has 0 radical (unpaired) electrons. The van der Waals surface area contributed by atoms with E-state index in [2.05, 4.69) is 58.6 Å². The van der Waals surface area contributed by atoms with E-state index in [4.69, 9.17) is 0 Å². The highest BCUT2D eigenvalue weighted by molar-refractivity contribution is 7.99. The summed E-state index contributed by atoms with van der Waals surface area (Å²) in [5, 5.41) is 17.4. The molecule has 2 fully saturated rings. The minimum Gasteiger partial charge on any atom is -0.387 e. The molecule has 1 atom stereocenters. The Kier molecular flexibility index (Phi) is 7.44. The molecule has 27 heavy (non-hydrogen) atoms. The summed E-state index contributed by atoms with van der Waals surface area (Å²) < 4.78 is 0. The van der Waals surface area contributed by atoms with Gasteiger partial charge in [-0.25, -0.2) is 0 Å². The predicted octanol–water partition coefficient (Wildman–Crippen LogP) is 2.38. The monoisotopic (exact) mass is 390 g/mol. The lowest BCUT2D eigenvalue weighted by molar-refractivity contribution is 0.0778. The first-order valence-electron chi connectivity index (χ1n) is 10.2. The number of hydrogen-bond donors (Lipinski definition) is 3. The molecule has 150 valence electrons. The molecule has 2 saturated heterocycles. The van der Waals surface area contributed by atoms with Gasteiger partial charge in [0.05, 0.1) is 12.1 Å². The van der Waals surface area contributed by atoms with E-state index in [1.165, 1.54) is 11.1 Å². The molecule has 0 amide bonds. The molecule has 2 heterocycles. The standard InChI is InChI=1S/C21H34N4OS/c1-3-22-20(23-15-21(26)9-12-27-16-21)24-19-7-10-25(11-8-19)14-18-6-4-5-17(2)13-18/h4-6,13,19,26H,3,7-12,14-16H2,1-2H3,(H2,22,23,24). The molecule has 5 nitrogen and oxygen atoms in total. The zero-order valence-electron chi connectivity index (χ0n) is 16.7. The second-order valence-corrected chi connectivity index (χ2v) is 9.01. The number of aryl methyl sites for hydroxylation is 1. The van der Waals surface area contributed by atoms with E-state index in [1.54, 1.807) is 0 Å². The quantitative estimate of drug-likeness (QED) is 0.514. The van der Waals surface area contributed by atoms with Gasteiger partial charge >= 0.3 is 0 Å². The van der Waals surface area contributed by atoms with Crippen molar-refractivity contribution in [2.45, 2.75) is 51.3 Å². The summed E-state index contributed by atoms with van der Waals surface area (Å²) in [6.45, 7) is 8.81. The number of nitrogens with one attached hydrogen (secondary N) is 2. The molecule has 6 heteroatoms. The Morgan fingerprint density at radius 2 is 2.19 bits per heavy atom. The van der Waals surface area contributed by atoms with E-state index >= 15 is 0 Å². The third-order valence-corrected chi connectivity index (χ3v) is 6.61. The lowest BCUT2D eigenvalue weighted by atomic mass is 10.0. The van der Waals surface area contributed by atoms with Crippen LogP contribution in [0.4, 0.5) is 0 Å². The lowest BCUT2D eigenvalue weighted by Crippen LogP contribution is -2.49. The number of aliphatic imine (C=N–C) groups is 1. The minimum absolute atomic E-state index is 0.448. The van der Waals surface area contributed by atoms with Gasteiger partial charge < -0.3 is 15.7 Å². The smallest absolute Gasteiger partial charge is 0.191 e. The van der Waals surface area contributed by atoms with Crippen molar-refractivity contribution < 1.29 is 5.11 Å². The van der Waals surface area contributed by atoms with Crippen molar-refractivity contribution in [2.75, 3.05) is 37.7 Å². The highest BCUT2D eigenvalue weighted by Gasteiger charge is 2.31. The Hall–Kier alpha value is -1.24. The van der Waals surface area contributed by atoms with Crippen LogP contribution < -0.4 is 10.6 Å². The van der Waals surface area contributed by atoms with Crippen LogP contribution in [0.15, 0.2) is 29.3 Å². The van der Waals surface area contributed by atoms with Gasteiger partial charge in [0, 0.05) is 38.0 Å². The van der Waals surface area contributed by atoms with Crippen molar-refractivity contribution in [1.29, 1.82) is 0 Å². The van der Waals surface area contributed by atoms with Gasteiger partial charge in [-0.2, -0.15) is 11.8 Å². The van der Waals surface area contributed by atoms with Crippen molar-refractivity contribution in [2.24, 2.45) is 4.99 Å². The zero-order valence-corrected chi connectivity index (χ0v) is 17.5. The Labute approximate surface area is 168 Å². The summed E-state index contributed by atoms with van der Waals surface area (Å²) in [7, 11) is 0. The average molecular weight is 391 g/mol. The van der Waals surface area contributed by atoms with Crippen LogP contribution in [0.2, 0.25) is 0 Å². The Morgan fingerprint density at radius 3 is 2.85 bits per heavy atom. The number of nitrogens with zero attached hydrogens (tertiary/aromatic N) is 2. The Balaban J connectivity index is 1.47. The normalized spacial score (nSPS) is 24.9. The molecule has 2 aliphatic rings. The molecule has 0 bridgehead atoms. The van der Waals surface area contributed by atoms with Crippen LogP contribution in [0.5, 0.6) is 0 Å². The number of rotatable bonds is 6. The molecule has 0 aromatic heterocycles. The number of hydrogen-bond acceptors (Lipinski definition) is 4. The molecule has 0 saturated carbocycles. The third kappa shape index (κ3) is 6.40. The maximum absolute atomic E-state index is 10.5. The first kappa shape index (κ1) is 20.5. The molecule has 3 rings (SSSR count). The van der Waals surface area contributed by atoms with E-state index in [0.29, 0.717) is 12.6 Å². The van der Waals surface area contributed by atoms with Crippen molar-refractivity contribution in [1.82, 2.24) is 15.5 Å². The first-order chi connectivity index (χ1) is 13.1. The first-order valence-corrected chi connectivity index (χ1v) is 11.3. The summed E-state index contributed by atoms with van der Waals surface area (Å²) in [5.74, 6) is 2.68. The summed E-state index contributed by atoms with van der Waals surface area (Å²) in [5.41, 5.74) is 2.11. The fraction of sp³-hybridized carbons (Fsp3) is 0.667. The highest BCUT2D eigenvalue weighted by atomic mass is 32.2. The van der Waals surface area contributed by atoms with Crippen molar-refractivity contribution >= 4 is 17.7 Å². The lowest BCUT2D eigenvalue weighted by Gasteiger charge is -2.33. The number of aliphatic hydroxyl groups is 1. The van der Waals surface area contributed by atoms with E-state index in [0.717, 1.165) is 62.9 Å². The number of likely N-dealkylation sites (tertiary alicyclic amines) is 1. The molecule has 1 unspecified atom stereocenters. The van der Waals surface area contributed by atoms with Crippen LogP contribution in [0.3, 0.4) is 0 Å². The van der Waals surface area contributed by atoms with Gasteiger partial charge in [-0.15, -0.1) is 0 Å². The van der Waals surface area contributed by atoms with Gasteiger partial charge in [0.15, 0.2) is 5.96 Å². The summed E-state index contributed by atoms with van der Waals surface area (Å²) in [6, 6.07) is 9.26.